The van der Waals surface area contributed by atoms with Crippen LogP contribution in [0.2, 0.25) is 10.3 Å². The Morgan fingerprint density at radius 3 is 2.50 bits per heavy atom. The number of pyridine rings is 1. The van der Waals surface area contributed by atoms with Gasteiger partial charge in [-0.15, -0.1) is 11.3 Å². The van der Waals surface area contributed by atoms with Crippen LogP contribution >= 0.6 is 34.5 Å². The summed E-state index contributed by atoms with van der Waals surface area (Å²) in [5.41, 5.74) is 1.65. The van der Waals surface area contributed by atoms with E-state index in [1.54, 1.807) is 0 Å². The number of nitriles is 1. The molecule has 0 aliphatic heterocycles. The lowest BCUT2D eigenvalue weighted by molar-refractivity contribution is 0.102. The van der Waals surface area contributed by atoms with Crippen LogP contribution in [-0.2, 0) is 0 Å². The number of carbonyl (C=O) groups excluding carboxylic acids is 1. The summed E-state index contributed by atoms with van der Waals surface area (Å²) in [5.74, 6) is -0.381. The Morgan fingerprint density at radius 2 is 1.95 bits per heavy atom. The monoisotopic (exact) mass is 325 g/mol. The molecule has 2 aromatic heterocycles. The van der Waals surface area contributed by atoms with E-state index in [1.165, 1.54) is 23.5 Å². The lowest BCUT2D eigenvalue weighted by atomic mass is 10.2. The van der Waals surface area contributed by atoms with Gasteiger partial charge in [-0.05, 0) is 31.5 Å². The van der Waals surface area contributed by atoms with Crippen LogP contribution < -0.4 is 5.32 Å². The van der Waals surface area contributed by atoms with Gasteiger partial charge in [0.15, 0.2) is 0 Å². The second-order valence-electron chi connectivity index (χ2n) is 4.05. The van der Waals surface area contributed by atoms with Crippen LogP contribution in [0.25, 0.3) is 0 Å². The summed E-state index contributed by atoms with van der Waals surface area (Å²) in [4.78, 5) is 16.9. The van der Waals surface area contributed by atoms with Crippen molar-refractivity contribution in [1.82, 2.24) is 4.98 Å². The molecule has 0 fully saturated rings. The van der Waals surface area contributed by atoms with Gasteiger partial charge < -0.3 is 5.32 Å². The molecule has 1 amide bonds. The molecule has 0 aliphatic carbocycles. The first-order valence-electron chi connectivity index (χ1n) is 5.57. The third-order valence-corrected chi connectivity index (χ3v) is 4.26. The van der Waals surface area contributed by atoms with Crippen molar-refractivity contribution < 1.29 is 4.79 Å². The number of carbonyl (C=O) groups is 1. The molecule has 102 valence electrons. The maximum Gasteiger partial charge on any atom is 0.256 e. The number of rotatable bonds is 2. The molecule has 0 atom stereocenters. The van der Waals surface area contributed by atoms with Crippen LogP contribution in [-0.4, -0.2) is 10.9 Å². The van der Waals surface area contributed by atoms with Gasteiger partial charge in [0.05, 0.1) is 5.56 Å². The Hall–Kier alpha value is -1.61. The highest BCUT2D eigenvalue weighted by molar-refractivity contribution is 7.16. The summed E-state index contributed by atoms with van der Waals surface area (Å²) in [6, 6.07) is 4.93. The maximum atomic E-state index is 12.1. The van der Waals surface area contributed by atoms with Crippen molar-refractivity contribution in [1.29, 1.82) is 5.26 Å². The van der Waals surface area contributed by atoms with Crippen LogP contribution in [0.1, 0.15) is 26.4 Å². The van der Waals surface area contributed by atoms with Gasteiger partial charge in [0.25, 0.3) is 5.91 Å². The number of aromatic nitrogens is 1. The average molecular weight is 326 g/mol. The Balaban J connectivity index is 2.33. The smallest absolute Gasteiger partial charge is 0.256 e. The number of aryl methyl sites for hydroxylation is 1. The lowest BCUT2D eigenvalue weighted by Gasteiger charge is -2.04. The summed E-state index contributed by atoms with van der Waals surface area (Å²) in [5, 5.41) is 12.6. The van der Waals surface area contributed by atoms with Gasteiger partial charge >= 0.3 is 0 Å². The number of amides is 1. The molecule has 0 aliphatic rings. The van der Waals surface area contributed by atoms with Gasteiger partial charge in [0, 0.05) is 10.4 Å². The van der Waals surface area contributed by atoms with Crippen LogP contribution in [0.5, 0.6) is 0 Å². The first kappa shape index (κ1) is 14.8. The Morgan fingerprint density at radius 1 is 1.35 bits per heavy atom. The number of thiophene rings is 1. The molecule has 0 bridgehead atoms. The van der Waals surface area contributed by atoms with E-state index >= 15 is 0 Å². The van der Waals surface area contributed by atoms with Gasteiger partial charge in [-0.1, -0.05) is 23.2 Å². The van der Waals surface area contributed by atoms with Crippen molar-refractivity contribution >= 4 is 45.4 Å². The van der Waals surface area contributed by atoms with Gasteiger partial charge in [0.2, 0.25) is 0 Å². The molecule has 20 heavy (non-hydrogen) atoms. The van der Waals surface area contributed by atoms with Gasteiger partial charge in [0.1, 0.15) is 21.4 Å². The second-order valence-corrected chi connectivity index (χ2v) is 6.05. The van der Waals surface area contributed by atoms with Crippen molar-refractivity contribution in [2.45, 2.75) is 13.8 Å². The number of halogens is 2. The van der Waals surface area contributed by atoms with E-state index in [0.717, 1.165) is 10.4 Å². The van der Waals surface area contributed by atoms with E-state index in [4.69, 9.17) is 28.5 Å². The summed E-state index contributed by atoms with van der Waals surface area (Å²) >= 11 is 12.9. The topological polar surface area (TPSA) is 65.8 Å². The highest BCUT2D eigenvalue weighted by atomic mass is 35.5. The van der Waals surface area contributed by atoms with E-state index in [-0.39, 0.29) is 16.2 Å². The molecule has 7 heteroatoms. The minimum Gasteiger partial charge on any atom is -0.312 e. The standard InChI is InChI=1S/C13H9Cl2N3OS/c1-6-7(2)20-13(9(6)5-16)18-12(19)8-3-10(14)17-11(15)4-8/h3-4H,1-2H3,(H,18,19). The maximum absolute atomic E-state index is 12.1. The highest BCUT2D eigenvalue weighted by Crippen LogP contribution is 2.32. The summed E-state index contributed by atoms with van der Waals surface area (Å²) in [7, 11) is 0. The zero-order valence-corrected chi connectivity index (χ0v) is 12.9. The molecule has 2 heterocycles. The van der Waals surface area contributed by atoms with E-state index in [1.807, 2.05) is 13.8 Å². The van der Waals surface area contributed by atoms with E-state index in [0.29, 0.717) is 16.1 Å². The van der Waals surface area contributed by atoms with Gasteiger partial charge in [-0.3, -0.25) is 4.79 Å². The molecule has 1 N–H and O–H groups in total. The largest absolute Gasteiger partial charge is 0.312 e. The molecule has 4 nitrogen and oxygen atoms in total. The normalized spacial score (nSPS) is 10.2. The lowest BCUT2D eigenvalue weighted by Crippen LogP contribution is -2.12. The van der Waals surface area contributed by atoms with Gasteiger partial charge in [-0.25, -0.2) is 4.98 Å². The van der Waals surface area contributed by atoms with Crippen molar-refractivity contribution in [3.63, 3.8) is 0 Å². The Bertz CT molecular complexity index is 714. The summed E-state index contributed by atoms with van der Waals surface area (Å²) in [6.45, 7) is 3.75. The number of nitrogens with zero attached hydrogens (tertiary/aromatic N) is 2. The number of hydrogen-bond donors (Lipinski definition) is 1. The number of nitrogens with one attached hydrogen (secondary N) is 1. The fourth-order valence-electron chi connectivity index (χ4n) is 1.62. The SMILES string of the molecule is Cc1sc(NC(=O)c2cc(Cl)nc(Cl)c2)c(C#N)c1C. The van der Waals surface area contributed by atoms with Crippen LogP contribution in [0.15, 0.2) is 12.1 Å². The van der Waals surface area contributed by atoms with Gasteiger partial charge in [-0.2, -0.15) is 5.26 Å². The number of anilines is 1. The van der Waals surface area contributed by atoms with Crippen molar-refractivity contribution in [2.24, 2.45) is 0 Å². The molecule has 0 saturated carbocycles. The van der Waals surface area contributed by atoms with Crippen LogP contribution in [0.3, 0.4) is 0 Å². The molecule has 2 rings (SSSR count). The van der Waals surface area contributed by atoms with Crippen LogP contribution in [0, 0.1) is 25.2 Å². The third kappa shape index (κ3) is 2.93. The fraction of sp³-hybridized carbons (Fsp3) is 0.154. The van der Waals surface area contributed by atoms with Crippen molar-refractivity contribution in [3.05, 3.63) is 44.0 Å². The van der Waals surface area contributed by atoms with Crippen molar-refractivity contribution in [3.8, 4) is 6.07 Å². The van der Waals surface area contributed by atoms with Crippen LogP contribution in [0.4, 0.5) is 5.00 Å². The first-order chi connectivity index (χ1) is 9.42. The number of hydrogen-bond acceptors (Lipinski definition) is 4. The third-order valence-electron chi connectivity index (χ3n) is 2.75. The fourth-order valence-corrected chi connectivity index (χ4v) is 3.09. The summed E-state index contributed by atoms with van der Waals surface area (Å²) < 4.78 is 0. The Labute approximate surface area is 130 Å². The molecular formula is C13H9Cl2N3OS. The average Bonchev–Trinajstić information content (AvgIpc) is 2.63. The molecule has 2 aromatic rings. The van der Waals surface area contributed by atoms with E-state index in [9.17, 15) is 4.79 Å². The van der Waals surface area contributed by atoms with E-state index in [2.05, 4.69) is 16.4 Å². The molecule has 0 unspecified atom stereocenters. The predicted molar refractivity (Wildman–Crippen MR) is 80.7 cm³/mol. The quantitative estimate of drug-likeness (QED) is 0.842. The minimum absolute atomic E-state index is 0.140. The molecule has 0 aromatic carbocycles. The minimum atomic E-state index is -0.381. The molecule has 0 radical (unpaired) electrons. The van der Waals surface area contributed by atoms with Crippen molar-refractivity contribution in [2.75, 3.05) is 5.32 Å². The Kier molecular flexibility index (Phi) is 4.29. The molecule has 0 spiro atoms. The molecule has 0 saturated heterocycles. The highest BCUT2D eigenvalue weighted by Gasteiger charge is 2.16. The predicted octanol–water partition coefficient (Wildman–Crippen LogP) is 4.19. The molecular weight excluding hydrogens is 317 g/mol. The first-order valence-corrected chi connectivity index (χ1v) is 7.14. The zero-order valence-electron chi connectivity index (χ0n) is 10.6. The van der Waals surface area contributed by atoms with E-state index < -0.39 is 0 Å². The zero-order chi connectivity index (χ0) is 14.9. The summed E-state index contributed by atoms with van der Waals surface area (Å²) in [6.07, 6.45) is 0. The second kappa shape index (κ2) is 5.80.